The van der Waals surface area contributed by atoms with Crippen LogP contribution in [0.15, 0.2) is 24.4 Å². The Bertz CT molecular complexity index is 608. The van der Waals surface area contributed by atoms with Gasteiger partial charge in [0.15, 0.2) is 0 Å². The molecule has 5 N–H and O–H groups in total. The van der Waals surface area contributed by atoms with E-state index < -0.39 is 17.9 Å². The quantitative estimate of drug-likeness (QED) is 0.631. The molecule has 7 heteroatoms. The van der Waals surface area contributed by atoms with Crippen molar-refractivity contribution in [3.8, 4) is 0 Å². The summed E-state index contributed by atoms with van der Waals surface area (Å²) in [5.41, 5.74) is 6.92. The van der Waals surface area contributed by atoms with Crippen molar-refractivity contribution in [2.45, 2.75) is 18.9 Å². The van der Waals surface area contributed by atoms with Gasteiger partial charge >= 0.3 is 5.97 Å². The Labute approximate surface area is 108 Å². The largest absolute Gasteiger partial charge is 0.481 e. The van der Waals surface area contributed by atoms with Gasteiger partial charge in [0, 0.05) is 11.8 Å². The minimum absolute atomic E-state index is 0.0973. The number of benzene rings is 1. The number of H-pyrrole nitrogens is 1. The lowest BCUT2D eigenvalue weighted by Gasteiger charge is -2.11. The zero-order valence-corrected chi connectivity index (χ0v) is 10.1. The molecule has 0 saturated heterocycles. The van der Waals surface area contributed by atoms with Crippen molar-refractivity contribution < 1.29 is 14.7 Å². The third-order valence-corrected chi connectivity index (χ3v) is 2.74. The standard InChI is InChI=1S/C12H14N4O3/c13-8(4-5-10(17)18)12(19)15-9-3-1-2-7-6-14-16-11(7)9/h1-3,6,8H,4-5,13H2,(H,14,16)(H,15,19)(H,17,18). The average Bonchev–Trinajstić information content (AvgIpc) is 2.85. The van der Waals surface area contributed by atoms with Gasteiger partial charge < -0.3 is 16.2 Å². The highest BCUT2D eigenvalue weighted by Crippen LogP contribution is 2.20. The molecule has 1 unspecified atom stereocenters. The van der Waals surface area contributed by atoms with E-state index >= 15 is 0 Å². The lowest BCUT2D eigenvalue weighted by Crippen LogP contribution is -2.36. The number of carboxylic acid groups (broad SMARTS) is 1. The van der Waals surface area contributed by atoms with Crippen LogP contribution in [0.2, 0.25) is 0 Å². The molecule has 1 heterocycles. The van der Waals surface area contributed by atoms with Crippen LogP contribution in [-0.4, -0.2) is 33.2 Å². The molecule has 2 rings (SSSR count). The summed E-state index contributed by atoms with van der Waals surface area (Å²) in [4.78, 5) is 22.3. The van der Waals surface area contributed by atoms with Crippen LogP contribution in [0.3, 0.4) is 0 Å². The molecule has 0 radical (unpaired) electrons. The fourth-order valence-corrected chi connectivity index (χ4v) is 1.71. The predicted molar refractivity (Wildman–Crippen MR) is 69.6 cm³/mol. The molecule has 0 spiro atoms. The Morgan fingerprint density at radius 1 is 1.47 bits per heavy atom. The van der Waals surface area contributed by atoms with Crippen LogP contribution in [0.5, 0.6) is 0 Å². The Morgan fingerprint density at radius 3 is 3.00 bits per heavy atom. The van der Waals surface area contributed by atoms with E-state index in [9.17, 15) is 9.59 Å². The van der Waals surface area contributed by atoms with Gasteiger partial charge in [0.2, 0.25) is 5.91 Å². The van der Waals surface area contributed by atoms with E-state index in [-0.39, 0.29) is 12.8 Å². The van der Waals surface area contributed by atoms with Gasteiger partial charge in [-0.2, -0.15) is 5.10 Å². The second-order valence-electron chi connectivity index (χ2n) is 4.17. The van der Waals surface area contributed by atoms with Gasteiger partial charge in [-0.15, -0.1) is 0 Å². The molecule has 100 valence electrons. The molecule has 0 aliphatic carbocycles. The van der Waals surface area contributed by atoms with Crippen molar-refractivity contribution in [1.29, 1.82) is 0 Å². The van der Waals surface area contributed by atoms with Crippen molar-refractivity contribution in [1.82, 2.24) is 10.2 Å². The number of nitrogens with one attached hydrogen (secondary N) is 2. The highest BCUT2D eigenvalue weighted by Gasteiger charge is 2.16. The molecule has 1 aromatic carbocycles. The normalized spacial score (nSPS) is 12.3. The minimum atomic E-state index is -0.973. The number of anilines is 1. The second-order valence-corrected chi connectivity index (χ2v) is 4.17. The second kappa shape index (κ2) is 5.49. The Hall–Kier alpha value is -2.41. The summed E-state index contributed by atoms with van der Waals surface area (Å²) in [6.45, 7) is 0. The van der Waals surface area contributed by atoms with Crippen LogP contribution in [0.4, 0.5) is 5.69 Å². The van der Waals surface area contributed by atoms with Crippen molar-refractivity contribution in [3.63, 3.8) is 0 Å². The van der Waals surface area contributed by atoms with E-state index in [4.69, 9.17) is 10.8 Å². The molecule has 0 aliphatic heterocycles. The van der Waals surface area contributed by atoms with E-state index in [0.717, 1.165) is 5.39 Å². The van der Waals surface area contributed by atoms with Crippen molar-refractivity contribution in [3.05, 3.63) is 24.4 Å². The maximum absolute atomic E-state index is 11.8. The number of fused-ring (bicyclic) bond motifs is 1. The molecule has 1 amide bonds. The number of hydrogen-bond donors (Lipinski definition) is 4. The zero-order valence-electron chi connectivity index (χ0n) is 10.1. The van der Waals surface area contributed by atoms with Crippen LogP contribution in [0.25, 0.3) is 10.9 Å². The summed E-state index contributed by atoms with van der Waals surface area (Å²) in [7, 11) is 0. The number of aromatic nitrogens is 2. The smallest absolute Gasteiger partial charge is 0.303 e. The van der Waals surface area contributed by atoms with E-state index in [2.05, 4.69) is 15.5 Å². The molecule has 0 saturated carbocycles. The van der Waals surface area contributed by atoms with Crippen molar-refractivity contribution >= 4 is 28.5 Å². The lowest BCUT2D eigenvalue weighted by atomic mass is 10.1. The first kappa shape index (κ1) is 13.0. The molecular weight excluding hydrogens is 248 g/mol. The number of carbonyl (C=O) groups is 2. The molecule has 1 atom stereocenters. The van der Waals surface area contributed by atoms with Crippen LogP contribution < -0.4 is 11.1 Å². The number of aromatic amines is 1. The van der Waals surface area contributed by atoms with E-state index in [0.29, 0.717) is 11.2 Å². The molecule has 1 aromatic heterocycles. The number of nitrogens with two attached hydrogens (primary N) is 1. The number of carbonyl (C=O) groups excluding carboxylic acids is 1. The van der Waals surface area contributed by atoms with Crippen molar-refractivity contribution in [2.75, 3.05) is 5.32 Å². The fourth-order valence-electron chi connectivity index (χ4n) is 1.71. The number of amides is 1. The van der Waals surface area contributed by atoms with Gasteiger partial charge in [0.25, 0.3) is 0 Å². The third-order valence-electron chi connectivity index (χ3n) is 2.74. The van der Waals surface area contributed by atoms with Crippen LogP contribution >= 0.6 is 0 Å². The van der Waals surface area contributed by atoms with Gasteiger partial charge in [0.1, 0.15) is 0 Å². The molecule has 7 nitrogen and oxygen atoms in total. The number of nitrogens with zero attached hydrogens (tertiary/aromatic N) is 1. The van der Waals surface area contributed by atoms with E-state index in [1.165, 1.54) is 0 Å². The predicted octanol–water partition coefficient (Wildman–Crippen LogP) is 0.693. The van der Waals surface area contributed by atoms with Gasteiger partial charge in [-0.1, -0.05) is 12.1 Å². The lowest BCUT2D eigenvalue weighted by molar-refractivity contribution is -0.137. The summed E-state index contributed by atoms with van der Waals surface area (Å²) < 4.78 is 0. The Morgan fingerprint density at radius 2 is 2.26 bits per heavy atom. The minimum Gasteiger partial charge on any atom is -0.481 e. The van der Waals surface area contributed by atoms with Crippen LogP contribution in [0, 0.1) is 0 Å². The molecule has 0 bridgehead atoms. The first-order valence-corrected chi connectivity index (χ1v) is 5.78. The first-order valence-electron chi connectivity index (χ1n) is 5.78. The zero-order chi connectivity index (χ0) is 13.8. The van der Waals surface area contributed by atoms with Gasteiger partial charge in [-0.3, -0.25) is 14.7 Å². The number of para-hydroxylation sites is 1. The number of rotatable bonds is 5. The highest BCUT2D eigenvalue weighted by atomic mass is 16.4. The fraction of sp³-hybridized carbons (Fsp3) is 0.250. The van der Waals surface area contributed by atoms with E-state index in [1.807, 2.05) is 6.07 Å². The molecule has 0 fully saturated rings. The maximum Gasteiger partial charge on any atom is 0.303 e. The number of carboxylic acids is 1. The summed E-state index contributed by atoms with van der Waals surface area (Å²) in [5.74, 6) is -1.39. The molecular formula is C12H14N4O3. The topological polar surface area (TPSA) is 121 Å². The summed E-state index contributed by atoms with van der Waals surface area (Å²) >= 11 is 0. The molecule has 19 heavy (non-hydrogen) atoms. The van der Waals surface area contributed by atoms with Gasteiger partial charge in [-0.25, -0.2) is 0 Å². The van der Waals surface area contributed by atoms with Crippen LogP contribution in [-0.2, 0) is 9.59 Å². The summed E-state index contributed by atoms with van der Waals surface area (Å²) in [5, 5.41) is 18.8. The monoisotopic (exact) mass is 262 g/mol. The number of aliphatic carboxylic acids is 1. The number of hydrogen-bond acceptors (Lipinski definition) is 4. The van der Waals surface area contributed by atoms with Gasteiger partial charge in [-0.05, 0) is 12.5 Å². The third kappa shape index (κ3) is 3.08. The first-order chi connectivity index (χ1) is 9.08. The van der Waals surface area contributed by atoms with Gasteiger partial charge in [0.05, 0.1) is 23.4 Å². The SMILES string of the molecule is NC(CCC(=O)O)C(=O)Nc1cccc2cn[nH]c12. The summed E-state index contributed by atoms with van der Waals surface area (Å²) in [6, 6.07) is 4.52. The highest BCUT2D eigenvalue weighted by molar-refractivity contribution is 6.02. The molecule has 0 aliphatic rings. The van der Waals surface area contributed by atoms with E-state index in [1.54, 1.807) is 18.3 Å². The average molecular weight is 262 g/mol. The summed E-state index contributed by atoms with van der Waals surface area (Å²) in [6.07, 6.45) is 1.61. The van der Waals surface area contributed by atoms with Crippen LogP contribution in [0.1, 0.15) is 12.8 Å². The Kier molecular flexibility index (Phi) is 3.76. The Balaban J connectivity index is 2.06. The molecule has 2 aromatic rings. The maximum atomic E-state index is 11.8. The van der Waals surface area contributed by atoms with Crippen molar-refractivity contribution in [2.24, 2.45) is 5.73 Å².